The van der Waals surface area contributed by atoms with Gasteiger partial charge in [-0.15, -0.1) is 0 Å². The monoisotopic (exact) mass is 583 g/mol. The summed E-state index contributed by atoms with van der Waals surface area (Å²) in [6.45, 7) is -0.207. The van der Waals surface area contributed by atoms with Gasteiger partial charge >= 0.3 is 22.5 Å². The second-order valence-electron chi connectivity index (χ2n) is 8.53. The van der Waals surface area contributed by atoms with E-state index < -0.39 is 44.4 Å². The van der Waals surface area contributed by atoms with E-state index in [0.717, 1.165) is 42.5 Å². The molecule has 0 N–H and O–H groups in total. The van der Waals surface area contributed by atoms with Crippen molar-refractivity contribution in [1.29, 1.82) is 0 Å². The van der Waals surface area contributed by atoms with Gasteiger partial charge in [-0.05, 0) is 72.3 Å². The van der Waals surface area contributed by atoms with E-state index in [4.69, 9.17) is 8.60 Å². The summed E-state index contributed by atoms with van der Waals surface area (Å²) >= 11 is 0. The van der Waals surface area contributed by atoms with Gasteiger partial charge in [-0.3, -0.25) is 4.79 Å². The molecule has 40 heavy (non-hydrogen) atoms. The summed E-state index contributed by atoms with van der Waals surface area (Å²) in [5.41, 5.74) is -1.75. The Balaban J connectivity index is 1.57. The minimum atomic E-state index is -4.76. The second kappa shape index (κ2) is 11.1. The lowest BCUT2D eigenvalue weighted by atomic mass is 10.1. The molecule has 4 aromatic rings. The van der Waals surface area contributed by atoms with Gasteiger partial charge in [0, 0.05) is 12.1 Å². The van der Waals surface area contributed by atoms with Crippen molar-refractivity contribution in [3.8, 4) is 5.75 Å². The van der Waals surface area contributed by atoms with Crippen molar-refractivity contribution >= 4 is 16.0 Å². The van der Waals surface area contributed by atoms with Gasteiger partial charge in [0.05, 0.1) is 23.9 Å². The minimum Gasteiger partial charge on any atom is -0.467 e. The fraction of sp³-hybridized carbons (Fsp3) is 0.148. The van der Waals surface area contributed by atoms with Crippen molar-refractivity contribution in [3.63, 3.8) is 0 Å². The first-order chi connectivity index (χ1) is 18.7. The molecule has 0 spiro atoms. The van der Waals surface area contributed by atoms with Gasteiger partial charge in [0.15, 0.2) is 0 Å². The van der Waals surface area contributed by atoms with Crippen LogP contribution >= 0.6 is 0 Å². The Kier molecular flexibility index (Phi) is 7.96. The third-order valence-electron chi connectivity index (χ3n) is 5.60. The van der Waals surface area contributed by atoms with Crippen molar-refractivity contribution < 1.29 is 48.2 Å². The first-order valence-corrected chi connectivity index (χ1v) is 12.8. The number of rotatable bonds is 8. The predicted octanol–water partition coefficient (Wildman–Crippen LogP) is 6.93. The Morgan fingerprint density at radius 3 is 2.08 bits per heavy atom. The third kappa shape index (κ3) is 7.03. The molecular formula is C27H19F6NO5S. The molecule has 1 amide bonds. The van der Waals surface area contributed by atoms with E-state index in [9.17, 15) is 39.6 Å². The molecule has 0 bridgehead atoms. The number of hydrogen-bond acceptors (Lipinski definition) is 5. The number of furan rings is 1. The molecule has 0 aliphatic carbocycles. The Labute approximate surface area is 224 Å². The molecule has 0 atom stereocenters. The van der Waals surface area contributed by atoms with Gasteiger partial charge in [-0.2, -0.15) is 34.8 Å². The summed E-state index contributed by atoms with van der Waals surface area (Å²) in [6.07, 6.45) is -7.96. The Morgan fingerprint density at radius 1 is 0.775 bits per heavy atom. The molecule has 3 aromatic carbocycles. The lowest BCUT2D eigenvalue weighted by Crippen LogP contribution is -2.30. The molecule has 210 valence electrons. The van der Waals surface area contributed by atoms with Crippen molar-refractivity contribution in [3.05, 3.63) is 119 Å². The second-order valence-corrected chi connectivity index (χ2v) is 10.1. The van der Waals surface area contributed by atoms with Gasteiger partial charge in [-0.1, -0.05) is 18.2 Å². The van der Waals surface area contributed by atoms with E-state index in [2.05, 4.69) is 0 Å². The molecule has 0 saturated carbocycles. The fourth-order valence-corrected chi connectivity index (χ4v) is 4.66. The normalized spacial score (nSPS) is 12.2. The van der Waals surface area contributed by atoms with Crippen molar-refractivity contribution in [2.24, 2.45) is 0 Å². The summed E-state index contributed by atoms with van der Waals surface area (Å²) in [6, 6.07) is 15.4. The SMILES string of the molecule is O=C(c1ccc(C(F)(F)F)cc1)N(Cc1cccc(OS(=O)(=O)c2cccc(C(F)(F)F)c2)c1)Cc1ccco1. The highest BCUT2D eigenvalue weighted by atomic mass is 32.2. The van der Waals surface area contributed by atoms with E-state index in [1.54, 1.807) is 18.2 Å². The lowest BCUT2D eigenvalue weighted by Gasteiger charge is -2.22. The van der Waals surface area contributed by atoms with Crippen LogP contribution in [0.5, 0.6) is 5.75 Å². The smallest absolute Gasteiger partial charge is 0.416 e. The molecule has 6 nitrogen and oxygen atoms in total. The largest absolute Gasteiger partial charge is 0.467 e. The molecule has 0 aliphatic heterocycles. The fourth-order valence-electron chi connectivity index (χ4n) is 3.69. The van der Waals surface area contributed by atoms with Crippen LogP contribution in [0.15, 0.2) is 101 Å². The molecule has 0 aliphatic rings. The van der Waals surface area contributed by atoms with E-state index in [0.29, 0.717) is 17.4 Å². The maximum Gasteiger partial charge on any atom is 0.416 e. The minimum absolute atomic E-state index is 0.0286. The quantitative estimate of drug-likeness (QED) is 0.166. The first-order valence-electron chi connectivity index (χ1n) is 11.4. The topological polar surface area (TPSA) is 76.8 Å². The predicted molar refractivity (Wildman–Crippen MR) is 129 cm³/mol. The van der Waals surface area contributed by atoms with Crippen molar-refractivity contribution in [2.75, 3.05) is 0 Å². The van der Waals surface area contributed by atoms with Gasteiger partial charge in [-0.25, -0.2) is 0 Å². The Hall–Kier alpha value is -4.26. The van der Waals surface area contributed by atoms with Crippen LogP contribution in [-0.4, -0.2) is 19.2 Å². The van der Waals surface area contributed by atoms with Crippen LogP contribution in [0.2, 0.25) is 0 Å². The van der Waals surface area contributed by atoms with Gasteiger partial charge < -0.3 is 13.5 Å². The van der Waals surface area contributed by atoms with E-state index in [1.165, 1.54) is 29.4 Å². The van der Waals surface area contributed by atoms with Crippen LogP contribution < -0.4 is 4.18 Å². The Morgan fingerprint density at radius 2 is 1.45 bits per heavy atom. The summed E-state index contributed by atoms with van der Waals surface area (Å²) in [5.74, 6) is -0.484. The first kappa shape index (κ1) is 28.7. The molecule has 4 rings (SSSR count). The van der Waals surface area contributed by atoms with Crippen molar-refractivity contribution in [2.45, 2.75) is 30.3 Å². The van der Waals surface area contributed by atoms with Crippen LogP contribution in [0, 0.1) is 0 Å². The van der Waals surface area contributed by atoms with Gasteiger partial charge in [0.25, 0.3) is 5.91 Å². The number of alkyl halides is 6. The number of hydrogen-bond donors (Lipinski definition) is 0. The summed E-state index contributed by atoms with van der Waals surface area (Å²) in [5, 5.41) is 0. The van der Waals surface area contributed by atoms with Crippen LogP contribution in [0.4, 0.5) is 26.3 Å². The van der Waals surface area contributed by atoms with Crippen LogP contribution in [-0.2, 0) is 35.6 Å². The number of carbonyl (C=O) groups is 1. The van der Waals surface area contributed by atoms with E-state index >= 15 is 0 Å². The third-order valence-corrected chi connectivity index (χ3v) is 6.84. The van der Waals surface area contributed by atoms with Crippen LogP contribution in [0.1, 0.15) is 32.8 Å². The average Bonchev–Trinajstić information content (AvgIpc) is 3.40. The molecule has 0 saturated heterocycles. The highest BCUT2D eigenvalue weighted by Gasteiger charge is 2.32. The zero-order chi connectivity index (χ0) is 29.1. The molecule has 1 heterocycles. The van der Waals surface area contributed by atoms with Crippen molar-refractivity contribution in [1.82, 2.24) is 4.90 Å². The van der Waals surface area contributed by atoms with Crippen LogP contribution in [0.25, 0.3) is 0 Å². The summed E-state index contributed by atoms with van der Waals surface area (Å²) in [7, 11) is -4.65. The highest BCUT2D eigenvalue weighted by molar-refractivity contribution is 7.87. The number of halogens is 6. The lowest BCUT2D eigenvalue weighted by molar-refractivity contribution is -0.138. The summed E-state index contributed by atoms with van der Waals surface area (Å²) in [4.78, 5) is 13.8. The zero-order valence-electron chi connectivity index (χ0n) is 20.2. The molecule has 0 unspecified atom stereocenters. The molecular weight excluding hydrogens is 564 g/mol. The molecule has 0 radical (unpaired) electrons. The van der Waals surface area contributed by atoms with Gasteiger partial charge in [0.1, 0.15) is 16.4 Å². The number of benzene rings is 3. The summed E-state index contributed by atoms with van der Waals surface area (Å²) < 4.78 is 114. The Bertz CT molecular complexity index is 1580. The standard InChI is InChI=1S/C27H19F6NO5S/c28-26(29,30)20-11-9-19(10-12-20)25(35)34(17-23-7-3-13-38-23)16-18-4-1-6-22(14-18)39-40(36,37)24-8-2-5-21(15-24)27(31,32)33/h1-15H,16-17H2. The molecule has 13 heteroatoms. The van der Waals surface area contributed by atoms with Crippen LogP contribution in [0.3, 0.4) is 0 Å². The maximum absolute atomic E-state index is 13.2. The molecule has 1 aromatic heterocycles. The number of carbonyl (C=O) groups excluding carboxylic acids is 1. The number of amides is 1. The highest BCUT2D eigenvalue weighted by Crippen LogP contribution is 2.32. The van der Waals surface area contributed by atoms with E-state index in [1.807, 2.05) is 0 Å². The molecule has 0 fully saturated rings. The van der Waals surface area contributed by atoms with E-state index in [-0.39, 0.29) is 24.4 Å². The average molecular weight is 584 g/mol. The maximum atomic E-state index is 13.2. The van der Waals surface area contributed by atoms with Gasteiger partial charge in [0.2, 0.25) is 0 Å². The number of nitrogens with zero attached hydrogens (tertiary/aromatic N) is 1. The zero-order valence-corrected chi connectivity index (χ0v) is 21.1.